The van der Waals surface area contributed by atoms with E-state index in [1.807, 2.05) is 56.3 Å². The van der Waals surface area contributed by atoms with Gasteiger partial charge in [-0.3, -0.25) is 9.59 Å². The fourth-order valence-corrected chi connectivity index (χ4v) is 4.35. The molecule has 1 aromatic heterocycles. The Morgan fingerprint density at radius 2 is 1.88 bits per heavy atom. The molecule has 2 heterocycles. The minimum Gasteiger partial charge on any atom is -0.465 e. The first-order chi connectivity index (χ1) is 15.9. The molecule has 0 fully saturated rings. The average molecular weight is 448 g/mol. The summed E-state index contributed by atoms with van der Waals surface area (Å²) in [5.74, 6) is -0.473. The van der Waals surface area contributed by atoms with Gasteiger partial charge in [0.1, 0.15) is 6.04 Å². The second-order valence-electron chi connectivity index (χ2n) is 8.85. The lowest BCUT2D eigenvalue weighted by atomic mass is 10.00. The fourth-order valence-electron chi connectivity index (χ4n) is 4.35. The third kappa shape index (κ3) is 4.77. The highest BCUT2D eigenvalue weighted by Crippen LogP contribution is 2.30. The van der Waals surface area contributed by atoms with E-state index in [2.05, 4.69) is 10.3 Å². The molecule has 4 rings (SSSR count). The molecule has 0 spiro atoms. The van der Waals surface area contributed by atoms with E-state index in [1.54, 1.807) is 11.0 Å². The summed E-state index contributed by atoms with van der Waals surface area (Å²) in [5, 5.41) is 3.86. The standard InChI is InChI=1S/C26H29N3O4/c1-16(2)13-23(30)28-24(17-7-5-4-6-8-17)25(31)29-12-11-22-20(15-29)19-14-18(26(32)33-3)9-10-21(19)27-22/h4-10,14,16,24,27H,11-13,15H2,1-3H3,(H,28,30). The number of hydrogen-bond donors (Lipinski definition) is 2. The molecule has 0 radical (unpaired) electrons. The molecule has 0 saturated heterocycles. The number of esters is 1. The van der Waals surface area contributed by atoms with Gasteiger partial charge >= 0.3 is 5.97 Å². The molecule has 1 atom stereocenters. The predicted octanol–water partition coefficient (Wildman–Crippen LogP) is 3.74. The van der Waals surface area contributed by atoms with Crippen LogP contribution >= 0.6 is 0 Å². The van der Waals surface area contributed by atoms with E-state index in [0.29, 0.717) is 31.5 Å². The maximum atomic E-state index is 13.6. The van der Waals surface area contributed by atoms with Crippen LogP contribution in [0.1, 0.15) is 53.5 Å². The van der Waals surface area contributed by atoms with Crippen molar-refractivity contribution in [3.8, 4) is 0 Å². The lowest BCUT2D eigenvalue weighted by molar-refractivity contribution is -0.137. The molecule has 7 nitrogen and oxygen atoms in total. The number of hydrogen-bond acceptors (Lipinski definition) is 4. The van der Waals surface area contributed by atoms with Crippen molar-refractivity contribution >= 4 is 28.7 Å². The van der Waals surface area contributed by atoms with Crippen LogP contribution in [0.5, 0.6) is 0 Å². The number of H-pyrrole nitrogens is 1. The van der Waals surface area contributed by atoms with Crippen LogP contribution < -0.4 is 5.32 Å². The molecular formula is C26H29N3O4. The predicted molar refractivity (Wildman–Crippen MR) is 126 cm³/mol. The summed E-state index contributed by atoms with van der Waals surface area (Å²) in [6, 6.07) is 14.0. The molecule has 2 amide bonds. The topological polar surface area (TPSA) is 91.5 Å². The summed E-state index contributed by atoms with van der Waals surface area (Å²) >= 11 is 0. The molecule has 0 saturated carbocycles. The summed E-state index contributed by atoms with van der Waals surface area (Å²) < 4.78 is 4.86. The number of carbonyl (C=O) groups is 3. The molecule has 0 aliphatic carbocycles. The van der Waals surface area contributed by atoms with Gasteiger partial charge in [0.05, 0.1) is 12.7 Å². The van der Waals surface area contributed by atoms with Crippen LogP contribution in [-0.2, 0) is 27.3 Å². The molecule has 1 aliphatic rings. The molecule has 1 unspecified atom stereocenters. The molecule has 2 N–H and O–H groups in total. The summed E-state index contributed by atoms with van der Waals surface area (Å²) in [6.45, 7) is 4.91. The van der Waals surface area contributed by atoms with E-state index in [0.717, 1.165) is 27.7 Å². The van der Waals surface area contributed by atoms with Gasteiger partial charge in [-0.15, -0.1) is 0 Å². The first-order valence-corrected chi connectivity index (χ1v) is 11.2. The normalized spacial score (nSPS) is 14.1. The highest BCUT2D eigenvalue weighted by Gasteiger charge is 2.31. The lowest BCUT2D eigenvalue weighted by Crippen LogP contribution is -2.45. The average Bonchev–Trinajstić information content (AvgIpc) is 3.18. The van der Waals surface area contributed by atoms with Gasteiger partial charge in [-0.25, -0.2) is 4.79 Å². The summed E-state index contributed by atoms with van der Waals surface area (Å²) in [7, 11) is 1.36. The Morgan fingerprint density at radius 1 is 1.12 bits per heavy atom. The zero-order chi connectivity index (χ0) is 23.5. The third-order valence-corrected chi connectivity index (χ3v) is 5.99. The highest BCUT2D eigenvalue weighted by atomic mass is 16.5. The first-order valence-electron chi connectivity index (χ1n) is 11.2. The van der Waals surface area contributed by atoms with Crippen molar-refractivity contribution in [3.63, 3.8) is 0 Å². The Morgan fingerprint density at radius 3 is 2.58 bits per heavy atom. The maximum absolute atomic E-state index is 13.6. The SMILES string of the molecule is COC(=O)c1ccc2[nH]c3c(c2c1)CN(C(=O)C(NC(=O)CC(C)C)c1ccccc1)CC3. The van der Waals surface area contributed by atoms with Gasteiger partial charge in [-0.1, -0.05) is 44.2 Å². The van der Waals surface area contributed by atoms with E-state index >= 15 is 0 Å². The molecule has 7 heteroatoms. The van der Waals surface area contributed by atoms with Crippen LogP contribution in [0.2, 0.25) is 0 Å². The number of benzene rings is 2. The van der Waals surface area contributed by atoms with Crippen LogP contribution in [0, 0.1) is 5.92 Å². The summed E-state index contributed by atoms with van der Waals surface area (Å²) in [5.41, 5.74) is 4.22. The second kappa shape index (κ2) is 9.48. The van der Waals surface area contributed by atoms with Gasteiger partial charge in [-0.2, -0.15) is 0 Å². The van der Waals surface area contributed by atoms with Crippen molar-refractivity contribution in [1.29, 1.82) is 0 Å². The Kier molecular flexibility index (Phi) is 6.49. The van der Waals surface area contributed by atoms with E-state index < -0.39 is 12.0 Å². The van der Waals surface area contributed by atoms with Crippen molar-refractivity contribution in [1.82, 2.24) is 15.2 Å². The van der Waals surface area contributed by atoms with Gasteiger partial charge in [0, 0.05) is 48.1 Å². The molecule has 33 heavy (non-hydrogen) atoms. The zero-order valence-electron chi connectivity index (χ0n) is 19.2. The number of ether oxygens (including phenoxy) is 1. The van der Waals surface area contributed by atoms with Crippen molar-refractivity contribution < 1.29 is 19.1 Å². The molecule has 0 bridgehead atoms. The van der Waals surface area contributed by atoms with Crippen LogP contribution in [0.25, 0.3) is 10.9 Å². The van der Waals surface area contributed by atoms with Gasteiger partial charge < -0.3 is 19.9 Å². The Labute approximate surface area is 193 Å². The maximum Gasteiger partial charge on any atom is 0.337 e. The Balaban J connectivity index is 1.62. The molecule has 3 aromatic rings. The Bertz CT molecular complexity index is 1180. The van der Waals surface area contributed by atoms with Crippen LogP contribution in [-0.4, -0.2) is 41.3 Å². The lowest BCUT2D eigenvalue weighted by Gasteiger charge is -2.31. The highest BCUT2D eigenvalue weighted by molar-refractivity contribution is 5.96. The number of fused-ring (bicyclic) bond motifs is 3. The zero-order valence-corrected chi connectivity index (χ0v) is 19.2. The van der Waals surface area contributed by atoms with E-state index in [-0.39, 0.29) is 17.7 Å². The number of methoxy groups -OCH3 is 1. The minimum atomic E-state index is -0.741. The van der Waals surface area contributed by atoms with Gasteiger partial charge in [0.2, 0.25) is 11.8 Å². The number of carbonyl (C=O) groups excluding carboxylic acids is 3. The quantitative estimate of drug-likeness (QED) is 0.563. The number of aromatic nitrogens is 1. The van der Waals surface area contributed by atoms with Crippen molar-refractivity contribution in [2.75, 3.05) is 13.7 Å². The monoisotopic (exact) mass is 447 g/mol. The minimum absolute atomic E-state index is 0.137. The number of amides is 2. The van der Waals surface area contributed by atoms with Crippen molar-refractivity contribution in [2.45, 2.75) is 39.3 Å². The summed E-state index contributed by atoms with van der Waals surface area (Å²) in [4.78, 5) is 43.4. The Hall–Kier alpha value is -3.61. The molecule has 1 aliphatic heterocycles. The number of aromatic amines is 1. The van der Waals surface area contributed by atoms with Crippen LogP contribution in [0.15, 0.2) is 48.5 Å². The summed E-state index contributed by atoms with van der Waals surface area (Å²) in [6.07, 6.45) is 1.03. The van der Waals surface area contributed by atoms with Gasteiger partial charge in [0.25, 0.3) is 0 Å². The first kappa shape index (κ1) is 22.6. The largest absolute Gasteiger partial charge is 0.465 e. The smallest absolute Gasteiger partial charge is 0.337 e. The van der Waals surface area contributed by atoms with E-state index in [4.69, 9.17) is 4.74 Å². The van der Waals surface area contributed by atoms with Crippen molar-refractivity contribution in [2.24, 2.45) is 5.92 Å². The third-order valence-electron chi connectivity index (χ3n) is 5.99. The fraction of sp³-hybridized carbons (Fsp3) is 0.346. The van der Waals surface area contributed by atoms with E-state index in [9.17, 15) is 14.4 Å². The number of nitrogens with one attached hydrogen (secondary N) is 2. The van der Waals surface area contributed by atoms with Crippen LogP contribution in [0.4, 0.5) is 0 Å². The van der Waals surface area contributed by atoms with Crippen LogP contribution in [0.3, 0.4) is 0 Å². The molecule has 172 valence electrons. The van der Waals surface area contributed by atoms with Crippen molar-refractivity contribution in [3.05, 3.63) is 70.9 Å². The van der Waals surface area contributed by atoms with E-state index in [1.165, 1.54) is 7.11 Å². The number of rotatable bonds is 6. The van der Waals surface area contributed by atoms with Gasteiger partial charge in [-0.05, 0) is 29.7 Å². The van der Waals surface area contributed by atoms with Gasteiger partial charge in [0.15, 0.2) is 0 Å². The molecular weight excluding hydrogens is 418 g/mol. The second-order valence-corrected chi connectivity index (χ2v) is 8.85. The number of nitrogens with zero attached hydrogens (tertiary/aromatic N) is 1. The molecule has 2 aromatic carbocycles.